The van der Waals surface area contributed by atoms with Crippen molar-refractivity contribution in [2.75, 3.05) is 0 Å². The van der Waals surface area contributed by atoms with Crippen molar-refractivity contribution in [3.8, 4) is 5.75 Å². The number of oxime groups is 1. The van der Waals surface area contributed by atoms with Crippen LogP contribution in [0.2, 0.25) is 0 Å². The van der Waals surface area contributed by atoms with Gasteiger partial charge in [0.25, 0.3) is 0 Å². The molecule has 9 heteroatoms. The number of halogens is 3. The molecule has 0 fully saturated rings. The van der Waals surface area contributed by atoms with Crippen LogP contribution in [-0.4, -0.2) is 25.8 Å². The summed E-state index contributed by atoms with van der Waals surface area (Å²) in [5, 5.41) is 11.4. The molecule has 1 aromatic rings. The van der Waals surface area contributed by atoms with Gasteiger partial charge in [0.1, 0.15) is 5.75 Å². The van der Waals surface area contributed by atoms with E-state index in [0.717, 1.165) is 24.3 Å². The van der Waals surface area contributed by atoms with E-state index in [1.807, 2.05) is 0 Å². The molecule has 0 spiro atoms. The van der Waals surface area contributed by atoms with E-state index in [0.29, 0.717) is 0 Å². The molecule has 0 radical (unpaired) electrons. The molecule has 0 amide bonds. The summed E-state index contributed by atoms with van der Waals surface area (Å²) in [5.41, 5.74) is -1.94. The molecular formula is C8H5F3NO4S-. The van der Waals surface area contributed by atoms with Crippen molar-refractivity contribution in [2.24, 2.45) is 5.16 Å². The van der Waals surface area contributed by atoms with Crippen molar-refractivity contribution in [1.29, 1.82) is 0 Å². The van der Waals surface area contributed by atoms with Crippen LogP contribution in [0.5, 0.6) is 5.75 Å². The minimum Gasteiger partial charge on any atom is -0.738 e. The lowest BCUT2D eigenvalue weighted by atomic mass is 10.1. The minimum absolute atomic E-state index is 0.233. The molecule has 0 aliphatic carbocycles. The number of aromatic hydroxyl groups is 1. The monoisotopic (exact) mass is 268 g/mol. The topological polar surface area (TPSA) is 82.0 Å². The number of alkyl halides is 3. The second kappa shape index (κ2) is 5.15. The van der Waals surface area contributed by atoms with Crippen LogP contribution in [-0.2, 0) is 15.6 Å². The highest BCUT2D eigenvalue weighted by Crippen LogP contribution is 2.24. The highest BCUT2D eigenvalue weighted by Gasteiger charge is 2.38. The Balaban J connectivity index is 3.11. The molecule has 0 aliphatic rings. The summed E-state index contributed by atoms with van der Waals surface area (Å²) in [5.74, 6) is -0.233. The van der Waals surface area contributed by atoms with E-state index in [4.69, 9.17) is 5.11 Å². The zero-order valence-electron chi connectivity index (χ0n) is 7.97. The Bertz CT molecular complexity index is 443. The van der Waals surface area contributed by atoms with E-state index < -0.39 is 28.8 Å². The zero-order valence-corrected chi connectivity index (χ0v) is 8.79. The number of phenols is 1. The Morgan fingerprint density at radius 1 is 1.35 bits per heavy atom. The van der Waals surface area contributed by atoms with Gasteiger partial charge in [-0.1, -0.05) is 5.16 Å². The predicted molar refractivity (Wildman–Crippen MR) is 50.7 cm³/mol. The summed E-state index contributed by atoms with van der Waals surface area (Å²) in [6.45, 7) is 0. The molecule has 0 heterocycles. The van der Waals surface area contributed by atoms with Crippen LogP contribution in [0.3, 0.4) is 0 Å². The van der Waals surface area contributed by atoms with Gasteiger partial charge in [-0.05, 0) is 24.3 Å². The summed E-state index contributed by atoms with van der Waals surface area (Å²) >= 11 is -3.19. The van der Waals surface area contributed by atoms with E-state index in [1.54, 1.807) is 0 Å². The number of hydrogen-bond acceptors (Lipinski definition) is 5. The van der Waals surface area contributed by atoms with Crippen LogP contribution >= 0.6 is 0 Å². The van der Waals surface area contributed by atoms with Crippen LogP contribution in [0.1, 0.15) is 5.56 Å². The van der Waals surface area contributed by atoms with Crippen molar-refractivity contribution >= 4 is 17.1 Å². The third kappa shape index (κ3) is 4.04. The van der Waals surface area contributed by atoms with Gasteiger partial charge in [0.2, 0.25) is 0 Å². The van der Waals surface area contributed by atoms with Crippen molar-refractivity contribution in [3.05, 3.63) is 29.8 Å². The van der Waals surface area contributed by atoms with Gasteiger partial charge in [0, 0.05) is 5.56 Å². The van der Waals surface area contributed by atoms with E-state index in [-0.39, 0.29) is 5.75 Å². The molecular weight excluding hydrogens is 263 g/mol. The Morgan fingerprint density at radius 2 is 1.88 bits per heavy atom. The first-order valence-corrected chi connectivity index (χ1v) is 5.02. The largest absolute Gasteiger partial charge is 0.738 e. The fraction of sp³-hybridized carbons (Fsp3) is 0.125. The molecule has 0 aromatic heterocycles. The Labute approximate surface area is 96.0 Å². The number of rotatable bonds is 3. The van der Waals surface area contributed by atoms with Gasteiger partial charge in [-0.15, -0.1) is 0 Å². The van der Waals surface area contributed by atoms with Gasteiger partial charge in [-0.3, -0.25) is 0 Å². The lowest BCUT2D eigenvalue weighted by molar-refractivity contribution is -0.0597. The summed E-state index contributed by atoms with van der Waals surface area (Å²) in [7, 11) is 0. The number of phenolic OH excluding ortho intramolecular Hbond substituents is 1. The molecule has 94 valence electrons. The van der Waals surface area contributed by atoms with Crippen molar-refractivity contribution in [1.82, 2.24) is 0 Å². The summed E-state index contributed by atoms with van der Waals surface area (Å²) in [4.78, 5) is 0. The van der Waals surface area contributed by atoms with Crippen LogP contribution < -0.4 is 0 Å². The van der Waals surface area contributed by atoms with Crippen molar-refractivity contribution in [3.63, 3.8) is 0 Å². The quantitative estimate of drug-likeness (QED) is 0.511. The zero-order chi connectivity index (χ0) is 13.1. The summed E-state index contributed by atoms with van der Waals surface area (Å²) in [6.07, 6.45) is -4.88. The average molecular weight is 268 g/mol. The van der Waals surface area contributed by atoms with Crippen LogP contribution in [0.4, 0.5) is 13.2 Å². The minimum atomic E-state index is -4.88. The van der Waals surface area contributed by atoms with Crippen molar-refractivity contribution in [2.45, 2.75) is 6.18 Å². The maximum atomic E-state index is 12.5. The molecule has 0 bridgehead atoms. The molecule has 1 rings (SSSR count). The van der Waals surface area contributed by atoms with Gasteiger partial charge in [-0.2, -0.15) is 13.2 Å². The standard InChI is InChI=1S/C8H6F3NO4S/c9-8(10,11)7(12-16-17(14)15)5-1-3-6(13)4-2-5/h1-4,13H,(H,14,15)/p-1. The molecule has 1 atom stereocenters. The molecule has 1 aromatic carbocycles. The SMILES string of the molecule is O=S([O-])ON=C(c1ccc(O)cc1)C(F)(F)F. The summed E-state index contributed by atoms with van der Waals surface area (Å²) in [6, 6.07) is 3.87. The third-order valence-electron chi connectivity index (χ3n) is 1.60. The third-order valence-corrected chi connectivity index (χ3v) is 1.79. The number of nitrogens with zero attached hydrogens (tertiary/aromatic N) is 1. The van der Waals surface area contributed by atoms with Crippen molar-refractivity contribution < 1.29 is 31.3 Å². The second-order valence-corrected chi connectivity index (χ2v) is 3.32. The Morgan fingerprint density at radius 3 is 2.29 bits per heavy atom. The average Bonchev–Trinajstić information content (AvgIpc) is 2.18. The predicted octanol–water partition coefficient (Wildman–Crippen LogP) is 1.47. The van der Waals surface area contributed by atoms with Crippen LogP contribution in [0, 0.1) is 0 Å². The highest BCUT2D eigenvalue weighted by molar-refractivity contribution is 7.74. The Kier molecular flexibility index (Phi) is 4.07. The van der Waals surface area contributed by atoms with E-state index in [1.165, 1.54) is 0 Å². The molecule has 17 heavy (non-hydrogen) atoms. The maximum Gasteiger partial charge on any atom is 0.437 e. The number of benzene rings is 1. The lowest BCUT2D eigenvalue weighted by Crippen LogP contribution is -2.24. The molecule has 5 nitrogen and oxygen atoms in total. The molecule has 1 N–H and O–H groups in total. The van der Waals surface area contributed by atoms with Crippen LogP contribution in [0.15, 0.2) is 29.4 Å². The van der Waals surface area contributed by atoms with Gasteiger partial charge in [0.15, 0.2) is 17.1 Å². The highest BCUT2D eigenvalue weighted by atomic mass is 32.2. The summed E-state index contributed by atoms with van der Waals surface area (Å²) < 4.78 is 60.9. The molecule has 0 saturated carbocycles. The Hall–Kier alpha value is -1.61. The van der Waals surface area contributed by atoms with E-state index >= 15 is 0 Å². The molecule has 0 saturated heterocycles. The van der Waals surface area contributed by atoms with E-state index in [9.17, 15) is 21.9 Å². The first kappa shape index (κ1) is 13.5. The number of hydrogen-bond donors (Lipinski definition) is 1. The lowest BCUT2D eigenvalue weighted by Gasteiger charge is -2.10. The second-order valence-electron chi connectivity index (χ2n) is 2.76. The van der Waals surface area contributed by atoms with E-state index in [2.05, 4.69) is 9.44 Å². The van der Waals surface area contributed by atoms with Gasteiger partial charge < -0.3 is 13.9 Å². The first-order chi connectivity index (χ1) is 7.80. The van der Waals surface area contributed by atoms with Gasteiger partial charge >= 0.3 is 6.18 Å². The molecule has 0 aliphatic heterocycles. The fourth-order valence-corrected chi connectivity index (χ4v) is 1.09. The maximum absolute atomic E-state index is 12.5. The van der Waals surface area contributed by atoms with Gasteiger partial charge in [0.05, 0.1) is 0 Å². The smallest absolute Gasteiger partial charge is 0.437 e. The molecule has 1 unspecified atom stereocenters. The van der Waals surface area contributed by atoms with Gasteiger partial charge in [-0.25, -0.2) is 4.21 Å². The fourth-order valence-electron chi connectivity index (χ4n) is 0.955. The first-order valence-electron chi connectivity index (χ1n) is 4.02. The normalized spacial score (nSPS) is 14.5. The van der Waals surface area contributed by atoms with Crippen LogP contribution in [0.25, 0.3) is 0 Å².